The van der Waals surface area contributed by atoms with Crippen molar-refractivity contribution in [3.05, 3.63) is 41.7 Å². The van der Waals surface area contributed by atoms with E-state index in [1.165, 1.54) is 0 Å². The highest BCUT2D eigenvalue weighted by Gasteiger charge is 2.83. The van der Waals surface area contributed by atoms with Gasteiger partial charge in [0.1, 0.15) is 5.75 Å². The quantitative estimate of drug-likeness (QED) is 0.323. The number of alkyl halides is 9. The zero-order valence-corrected chi connectivity index (χ0v) is 14.2. The Hall–Kier alpha value is -1.86. The van der Waals surface area contributed by atoms with Crippen LogP contribution in [0.25, 0.3) is 0 Å². The fourth-order valence-electron chi connectivity index (χ4n) is 1.69. The summed E-state index contributed by atoms with van der Waals surface area (Å²) in [5, 5.41) is 0. The molecular weight excluding hydrogens is 460 g/mol. The van der Waals surface area contributed by atoms with Gasteiger partial charge < -0.3 is 14.5 Å². The van der Waals surface area contributed by atoms with Crippen LogP contribution in [0.1, 0.15) is 5.56 Å². The van der Waals surface area contributed by atoms with E-state index in [4.69, 9.17) is 9.79 Å². The number of benzene rings is 1. The summed E-state index contributed by atoms with van der Waals surface area (Å²) in [6.45, 7) is 0. The Balaban J connectivity index is 3.19. The molecule has 2 N–H and O–H groups in total. The van der Waals surface area contributed by atoms with Crippen LogP contribution in [0.3, 0.4) is 0 Å². The fourth-order valence-corrected chi connectivity index (χ4v) is 2.37. The van der Waals surface area contributed by atoms with Crippen LogP contribution in [0.5, 0.6) is 5.75 Å². The Bertz CT molecular complexity index is 811. The van der Waals surface area contributed by atoms with Crippen LogP contribution in [-0.4, -0.2) is 33.7 Å². The van der Waals surface area contributed by atoms with Gasteiger partial charge in [0.05, 0.1) is 6.16 Å². The molecular formula is C13H8F11O4P. The summed E-state index contributed by atoms with van der Waals surface area (Å²) < 4.78 is 155. The molecule has 0 radical (unpaired) electrons. The van der Waals surface area contributed by atoms with Crippen molar-refractivity contribution >= 4 is 7.60 Å². The summed E-state index contributed by atoms with van der Waals surface area (Å²) in [5.74, 6) is -26.8. The van der Waals surface area contributed by atoms with Gasteiger partial charge in [0, 0.05) is 0 Å². The van der Waals surface area contributed by atoms with Gasteiger partial charge in [-0.05, 0) is 17.7 Å². The predicted molar refractivity (Wildman–Crippen MR) is 73.0 cm³/mol. The molecule has 0 aliphatic rings. The molecule has 0 aliphatic heterocycles. The normalized spacial score (nSPS) is 15.2. The first kappa shape index (κ1) is 25.2. The van der Waals surface area contributed by atoms with Crippen molar-refractivity contribution in [1.82, 2.24) is 0 Å². The van der Waals surface area contributed by atoms with Gasteiger partial charge in [-0.2, -0.15) is 48.3 Å². The number of allylic oxidation sites excluding steroid dienone is 1. The van der Waals surface area contributed by atoms with Crippen LogP contribution in [0.2, 0.25) is 0 Å². The minimum absolute atomic E-state index is 0.114. The third-order valence-electron chi connectivity index (χ3n) is 3.11. The molecule has 0 fully saturated rings. The number of halogens is 11. The van der Waals surface area contributed by atoms with Gasteiger partial charge in [0.2, 0.25) is 5.83 Å². The lowest BCUT2D eigenvalue weighted by molar-refractivity contribution is -0.392. The van der Waals surface area contributed by atoms with Crippen LogP contribution in [0.4, 0.5) is 48.3 Å². The van der Waals surface area contributed by atoms with Gasteiger partial charge in [-0.3, -0.25) is 4.57 Å². The van der Waals surface area contributed by atoms with Gasteiger partial charge in [-0.1, -0.05) is 12.1 Å². The molecule has 1 aromatic rings. The molecule has 16 heteroatoms. The largest absolute Gasteiger partial charge is 0.460 e. The van der Waals surface area contributed by atoms with Crippen molar-refractivity contribution < 1.29 is 67.4 Å². The molecule has 0 atom stereocenters. The SMILES string of the molecule is O=P(O)(O)Cc1ccc(OC(F)=C(F)C(F)(F)C(F)(F)C(F)(F)C(F)(F)F)cc1. The monoisotopic (exact) mass is 468 g/mol. The first-order valence-electron chi connectivity index (χ1n) is 6.81. The third-order valence-corrected chi connectivity index (χ3v) is 3.89. The van der Waals surface area contributed by atoms with Crippen LogP contribution < -0.4 is 4.74 Å². The minimum atomic E-state index is -7.43. The van der Waals surface area contributed by atoms with Crippen molar-refractivity contribution in [3.63, 3.8) is 0 Å². The van der Waals surface area contributed by atoms with E-state index in [0.29, 0.717) is 12.1 Å². The van der Waals surface area contributed by atoms with Crippen LogP contribution >= 0.6 is 7.60 Å². The van der Waals surface area contributed by atoms with Gasteiger partial charge in [-0.15, -0.1) is 0 Å². The smallest absolute Gasteiger partial charge is 0.430 e. The lowest BCUT2D eigenvalue weighted by Crippen LogP contribution is -2.61. The lowest BCUT2D eigenvalue weighted by Gasteiger charge is -2.32. The van der Waals surface area contributed by atoms with E-state index in [-0.39, 0.29) is 5.56 Å². The van der Waals surface area contributed by atoms with E-state index >= 15 is 0 Å². The maximum absolute atomic E-state index is 13.4. The highest BCUT2D eigenvalue weighted by molar-refractivity contribution is 7.50. The second-order valence-electron chi connectivity index (χ2n) is 5.38. The van der Waals surface area contributed by atoms with Crippen molar-refractivity contribution in [2.75, 3.05) is 0 Å². The summed E-state index contributed by atoms with van der Waals surface area (Å²) in [6, 6.07) is -0.430. The molecule has 0 saturated heterocycles. The van der Waals surface area contributed by atoms with E-state index in [1.54, 1.807) is 0 Å². The summed E-state index contributed by atoms with van der Waals surface area (Å²) in [7, 11) is -4.55. The van der Waals surface area contributed by atoms with Gasteiger partial charge in [-0.25, -0.2) is 0 Å². The van der Waals surface area contributed by atoms with Gasteiger partial charge in [0.25, 0.3) is 0 Å². The molecule has 0 unspecified atom stereocenters. The molecule has 0 saturated carbocycles. The molecule has 0 aromatic heterocycles. The molecule has 1 rings (SSSR count). The molecule has 1 aromatic carbocycles. The average molecular weight is 468 g/mol. The highest BCUT2D eigenvalue weighted by atomic mass is 31.2. The van der Waals surface area contributed by atoms with E-state index in [0.717, 1.165) is 12.1 Å². The van der Waals surface area contributed by atoms with Gasteiger partial charge >= 0.3 is 37.6 Å². The van der Waals surface area contributed by atoms with E-state index in [2.05, 4.69) is 4.74 Å². The number of rotatable bonds is 7. The number of ether oxygens (including phenoxy) is 1. The summed E-state index contributed by atoms with van der Waals surface area (Å²) >= 11 is 0. The maximum Gasteiger partial charge on any atom is 0.460 e. The van der Waals surface area contributed by atoms with E-state index in [9.17, 15) is 52.9 Å². The summed E-state index contributed by atoms with van der Waals surface area (Å²) in [4.78, 5) is 17.4. The molecule has 0 bridgehead atoms. The van der Waals surface area contributed by atoms with Crippen molar-refractivity contribution in [2.24, 2.45) is 0 Å². The second-order valence-corrected chi connectivity index (χ2v) is 7.02. The minimum Gasteiger partial charge on any atom is -0.430 e. The van der Waals surface area contributed by atoms with Gasteiger partial charge in [0.15, 0.2) is 0 Å². The van der Waals surface area contributed by atoms with Crippen LogP contribution in [-0.2, 0) is 10.7 Å². The third kappa shape index (κ3) is 5.20. The van der Waals surface area contributed by atoms with Crippen LogP contribution in [0, 0.1) is 0 Å². The standard InChI is InChI=1S/C13H8F11O4P/c14-8(10(16,17)11(18,19)12(20,21)13(22,23)24)9(15)28-7-3-1-6(2-4-7)5-29(25,26)27/h1-4H,5H2,(H2,25,26,27). The molecule has 29 heavy (non-hydrogen) atoms. The zero-order valence-electron chi connectivity index (χ0n) is 13.3. The predicted octanol–water partition coefficient (Wildman–Crippen LogP) is 5.32. The highest BCUT2D eigenvalue weighted by Crippen LogP contribution is 2.55. The van der Waals surface area contributed by atoms with Crippen molar-refractivity contribution in [2.45, 2.75) is 30.1 Å². The molecule has 0 spiro atoms. The van der Waals surface area contributed by atoms with E-state index < -0.39 is 55.3 Å². The molecule has 166 valence electrons. The maximum atomic E-state index is 13.4. The Morgan fingerprint density at radius 3 is 1.69 bits per heavy atom. The summed E-state index contributed by atoms with van der Waals surface area (Å²) in [5.41, 5.74) is -0.114. The number of hydrogen-bond donors (Lipinski definition) is 2. The van der Waals surface area contributed by atoms with Crippen molar-refractivity contribution in [3.8, 4) is 5.75 Å². The number of hydrogen-bond acceptors (Lipinski definition) is 2. The van der Waals surface area contributed by atoms with Crippen molar-refractivity contribution in [1.29, 1.82) is 0 Å². The lowest BCUT2D eigenvalue weighted by atomic mass is 10.0. The molecule has 4 nitrogen and oxygen atoms in total. The Morgan fingerprint density at radius 1 is 0.862 bits per heavy atom. The first-order valence-corrected chi connectivity index (χ1v) is 8.61. The Morgan fingerprint density at radius 2 is 1.31 bits per heavy atom. The molecule has 0 amide bonds. The zero-order chi connectivity index (χ0) is 23.1. The molecule has 0 aliphatic carbocycles. The Kier molecular flexibility index (Phi) is 6.74. The first-order chi connectivity index (χ1) is 12.7. The summed E-state index contributed by atoms with van der Waals surface area (Å²) in [6.07, 6.45) is -8.05. The molecule has 0 heterocycles. The average Bonchev–Trinajstić information content (AvgIpc) is 2.53. The second kappa shape index (κ2) is 7.76. The topological polar surface area (TPSA) is 66.8 Å². The van der Waals surface area contributed by atoms with E-state index in [1.807, 2.05) is 0 Å². The Labute approximate surface area is 153 Å². The van der Waals surface area contributed by atoms with Crippen LogP contribution in [0.15, 0.2) is 36.1 Å². The fraction of sp³-hybridized carbons (Fsp3) is 0.385.